The number of rotatable bonds is 6. The molecule has 3 N–H and O–H groups in total. The number of hydrogen-bond donors (Lipinski definition) is 2. The van der Waals surface area contributed by atoms with Crippen LogP contribution in [0, 0.1) is 5.41 Å². The highest BCUT2D eigenvalue weighted by atomic mass is 16.4. The number of carbonyl (C=O) groups excluding carboxylic acids is 1. The molecule has 5 heteroatoms. The Kier molecular flexibility index (Phi) is 5.14. The fourth-order valence-corrected chi connectivity index (χ4v) is 2.95. The number of aliphatic carboxylic acids is 1. The van der Waals surface area contributed by atoms with Crippen LogP contribution in [0.3, 0.4) is 0 Å². The summed E-state index contributed by atoms with van der Waals surface area (Å²) in [5.41, 5.74) is 4.77. The molecule has 104 valence electrons. The highest BCUT2D eigenvalue weighted by Gasteiger charge is 2.42. The normalized spacial score (nSPS) is 21.4. The summed E-state index contributed by atoms with van der Waals surface area (Å²) in [7, 11) is 0. The van der Waals surface area contributed by atoms with E-state index < -0.39 is 11.4 Å². The topological polar surface area (TPSA) is 83.6 Å². The van der Waals surface area contributed by atoms with Gasteiger partial charge in [0.15, 0.2) is 0 Å². The second kappa shape index (κ2) is 6.18. The maximum atomic E-state index is 11.4. The van der Waals surface area contributed by atoms with E-state index >= 15 is 0 Å². The molecule has 0 aliphatic carbocycles. The zero-order valence-corrected chi connectivity index (χ0v) is 11.3. The van der Waals surface area contributed by atoms with Crippen molar-refractivity contribution < 1.29 is 14.7 Å². The third-order valence-electron chi connectivity index (χ3n) is 4.09. The molecule has 1 aliphatic rings. The number of nitrogens with two attached hydrogens (primary N) is 1. The summed E-state index contributed by atoms with van der Waals surface area (Å²) in [6, 6.07) is -0.251. The average molecular weight is 256 g/mol. The van der Waals surface area contributed by atoms with E-state index in [0.717, 1.165) is 6.42 Å². The fourth-order valence-electron chi connectivity index (χ4n) is 2.95. The Morgan fingerprint density at radius 2 is 1.89 bits per heavy atom. The summed E-state index contributed by atoms with van der Waals surface area (Å²) < 4.78 is 0. The van der Waals surface area contributed by atoms with Gasteiger partial charge in [-0.3, -0.25) is 14.5 Å². The molecule has 0 radical (unpaired) electrons. The first-order valence-corrected chi connectivity index (χ1v) is 6.73. The molecule has 0 aromatic rings. The number of hydrogen-bond acceptors (Lipinski definition) is 3. The summed E-state index contributed by atoms with van der Waals surface area (Å²) in [5.74, 6) is -1.01. The van der Waals surface area contributed by atoms with Gasteiger partial charge in [0.25, 0.3) is 0 Å². The minimum Gasteiger partial charge on any atom is -0.481 e. The van der Waals surface area contributed by atoms with E-state index in [2.05, 4.69) is 0 Å². The minimum absolute atomic E-state index is 0.251. The third kappa shape index (κ3) is 3.02. The lowest BCUT2D eigenvalue weighted by molar-refractivity contribution is -0.153. The lowest BCUT2D eigenvalue weighted by Gasteiger charge is -2.41. The molecule has 0 aromatic carbocycles. The van der Waals surface area contributed by atoms with Crippen LogP contribution in [0.5, 0.6) is 0 Å². The number of primary amides is 1. The van der Waals surface area contributed by atoms with E-state index in [0.29, 0.717) is 38.8 Å². The van der Waals surface area contributed by atoms with E-state index in [1.165, 1.54) is 0 Å². The number of carboxylic acids is 1. The van der Waals surface area contributed by atoms with Crippen molar-refractivity contribution in [2.75, 3.05) is 13.1 Å². The van der Waals surface area contributed by atoms with Gasteiger partial charge >= 0.3 is 5.97 Å². The highest BCUT2D eigenvalue weighted by molar-refractivity contribution is 5.80. The van der Waals surface area contributed by atoms with Crippen LogP contribution in [0.15, 0.2) is 0 Å². The van der Waals surface area contributed by atoms with Crippen molar-refractivity contribution in [3.8, 4) is 0 Å². The van der Waals surface area contributed by atoms with Crippen molar-refractivity contribution in [1.82, 2.24) is 4.90 Å². The maximum Gasteiger partial charge on any atom is 0.309 e. The Morgan fingerprint density at radius 3 is 2.22 bits per heavy atom. The monoisotopic (exact) mass is 256 g/mol. The van der Waals surface area contributed by atoms with Crippen LogP contribution >= 0.6 is 0 Å². The molecule has 1 amide bonds. The van der Waals surface area contributed by atoms with Crippen LogP contribution in [-0.2, 0) is 9.59 Å². The molecule has 1 aliphatic heterocycles. The van der Waals surface area contributed by atoms with Gasteiger partial charge in [0.05, 0.1) is 11.5 Å². The molecule has 1 rings (SSSR count). The summed E-state index contributed by atoms with van der Waals surface area (Å²) in [4.78, 5) is 24.8. The molecule has 1 unspecified atom stereocenters. The Labute approximate surface area is 108 Å². The van der Waals surface area contributed by atoms with Gasteiger partial charge in [-0.05, 0) is 25.7 Å². The van der Waals surface area contributed by atoms with Crippen molar-refractivity contribution in [2.45, 2.75) is 52.0 Å². The zero-order valence-electron chi connectivity index (χ0n) is 11.3. The summed E-state index contributed by atoms with van der Waals surface area (Å²) in [6.45, 7) is 5.23. The minimum atomic E-state index is -0.698. The van der Waals surface area contributed by atoms with Gasteiger partial charge in [0.2, 0.25) is 5.91 Å². The predicted molar refractivity (Wildman–Crippen MR) is 69.1 cm³/mol. The van der Waals surface area contributed by atoms with Gasteiger partial charge in [-0.1, -0.05) is 20.3 Å². The lowest BCUT2D eigenvalue weighted by atomic mass is 9.74. The molecule has 0 spiro atoms. The Balaban J connectivity index is 2.68. The second-order valence-corrected chi connectivity index (χ2v) is 5.20. The molecule has 0 aromatic heterocycles. The number of piperidine rings is 1. The predicted octanol–water partition coefficient (Wildman–Crippen LogP) is 1.22. The standard InChI is InChI=1S/C13H24N2O3/c1-3-5-13(12(17)18)6-8-15(9-7-13)10(4-2)11(14)16/h10H,3-9H2,1-2H3,(H2,14,16)(H,17,18). The average Bonchev–Trinajstić information content (AvgIpc) is 2.32. The van der Waals surface area contributed by atoms with Crippen molar-refractivity contribution in [3.05, 3.63) is 0 Å². The molecule has 18 heavy (non-hydrogen) atoms. The van der Waals surface area contributed by atoms with Gasteiger partial charge in [-0.25, -0.2) is 0 Å². The second-order valence-electron chi connectivity index (χ2n) is 5.20. The van der Waals surface area contributed by atoms with Crippen LogP contribution in [0.2, 0.25) is 0 Å². The van der Waals surface area contributed by atoms with Crippen LogP contribution < -0.4 is 5.73 Å². The maximum absolute atomic E-state index is 11.4. The van der Waals surface area contributed by atoms with Crippen LogP contribution in [0.1, 0.15) is 46.0 Å². The molecule has 1 atom stereocenters. The molecule has 5 nitrogen and oxygen atoms in total. The first-order valence-electron chi connectivity index (χ1n) is 6.73. The van der Waals surface area contributed by atoms with Crippen LogP contribution in [0.4, 0.5) is 0 Å². The molecule has 0 bridgehead atoms. The molecule has 1 heterocycles. The Bertz CT molecular complexity index is 309. The zero-order chi connectivity index (χ0) is 13.8. The van der Waals surface area contributed by atoms with Crippen molar-refractivity contribution in [3.63, 3.8) is 0 Å². The number of carboxylic acid groups (broad SMARTS) is 1. The van der Waals surface area contributed by atoms with Gasteiger partial charge < -0.3 is 10.8 Å². The van der Waals surface area contributed by atoms with Crippen LogP contribution in [0.25, 0.3) is 0 Å². The molecular weight excluding hydrogens is 232 g/mol. The first-order chi connectivity index (χ1) is 8.46. The van der Waals surface area contributed by atoms with E-state index in [4.69, 9.17) is 5.73 Å². The number of carbonyl (C=O) groups is 2. The number of amides is 1. The van der Waals surface area contributed by atoms with E-state index in [1.807, 2.05) is 18.7 Å². The summed E-state index contributed by atoms with van der Waals surface area (Å²) in [5, 5.41) is 9.40. The van der Waals surface area contributed by atoms with Crippen molar-refractivity contribution in [2.24, 2.45) is 11.1 Å². The van der Waals surface area contributed by atoms with E-state index in [9.17, 15) is 14.7 Å². The molecular formula is C13H24N2O3. The highest BCUT2D eigenvalue weighted by Crippen LogP contribution is 2.37. The Hall–Kier alpha value is -1.10. The Morgan fingerprint density at radius 1 is 1.33 bits per heavy atom. The van der Waals surface area contributed by atoms with Crippen molar-refractivity contribution >= 4 is 11.9 Å². The van der Waals surface area contributed by atoms with Crippen LogP contribution in [-0.4, -0.2) is 41.0 Å². The van der Waals surface area contributed by atoms with Gasteiger partial charge in [-0.2, -0.15) is 0 Å². The molecule has 1 saturated heterocycles. The van der Waals surface area contributed by atoms with Crippen molar-refractivity contribution in [1.29, 1.82) is 0 Å². The lowest BCUT2D eigenvalue weighted by Crippen LogP contribution is -2.51. The molecule has 1 fully saturated rings. The van der Waals surface area contributed by atoms with Gasteiger partial charge in [0, 0.05) is 13.1 Å². The quantitative estimate of drug-likeness (QED) is 0.748. The smallest absolute Gasteiger partial charge is 0.309 e. The fraction of sp³-hybridized carbons (Fsp3) is 0.846. The van der Waals surface area contributed by atoms with E-state index in [1.54, 1.807) is 0 Å². The largest absolute Gasteiger partial charge is 0.481 e. The number of likely N-dealkylation sites (tertiary alicyclic amines) is 1. The first kappa shape index (κ1) is 15.0. The number of nitrogens with zero attached hydrogens (tertiary/aromatic N) is 1. The SMILES string of the molecule is CCCC1(C(=O)O)CCN(C(CC)C(N)=O)CC1. The van der Waals surface area contributed by atoms with E-state index in [-0.39, 0.29) is 11.9 Å². The van der Waals surface area contributed by atoms with Gasteiger partial charge in [-0.15, -0.1) is 0 Å². The van der Waals surface area contributed by atoms with Gasteiger partial charge in [0.1, 0.15) is 0 Å². The third-order valence-corrected chi connectivity index (χ3v) is 4.09. The molecule has 0 saturated carbocycles. The summed E-state index contributed by atoms with van der Waals surface area (Å²) >= 11 is 0. The summed E-state index contributed by atoms with van der Waals surface area (Å²) in [6.07, 6.45) is 3.49.